The predicted molar refractivity (Wildman–Crippen MR) is 101 cm³/mol. The molecule has 2 N–H and O–H groups in total. The largest absolute Gasteiger partial charge is 0.391 e. The van der Waals surface area contributed by atoms with Crippen LogP contribution < -0.4 is 5.32 Å². The van der Waals surface area contributed by atoms with Gasteiger partial charge in [-0.05, 0) is 49.6 Å². The number of carbonyl (C=O) groups is 2. The molecule has 2 aromatic rings. The van der Waals surface area contributed by atoms with Crippen LogP contribution in [-0.2, 0) is 10.7 Å². The van der Waals surface area contributed by atoms with Gasteiger partial charge in [0.1, 0.15) is 5.82 Å². The van der Waals surface area contributed by atoms with Gasteiger partial charge in [-0.2, -0.15) is 8.78 Å². The maximum Gasteiger partial charge on any atom is 0.352 e. The second-order valence-corrected chi connectivity index (χ2v) is 7.25. The summed E-state index contributed by atoms with van der Waals surface area (Å²) < 4.78 is 70.3. The average Bonchev–Trinajstić information content (AvgIpc) is 2.94. The highest BCUT2D eigenvalue weighted by molar-refractivity contribution is 6.04. The van der Waals surface area contributed by atoms with Crippen LogP contribution in [0.5, 0.6) is 0 Å². The molecule has 2 amide bonds. The van der Waals surface area contributed by atoms with Crippen LogP contribution in [0.2, 0.25) is 0 Å². The maximum atomic E-state index is 14.9. The Morgan fingerprint density at radius 1 is 1.00 bits per heavy atom. The zero-order chi connectivity index (χ0) is 22.8. The van der Waals surface area contributed by atoms with E-state index in [0.29, 0.717) is 37.5 Å². The van der Waals surface area contributed by atoms with Gasteiger partial charge in [-0.15, -0.1) is 0 Å². The van der Waals surface area contributed by atoms with E-state index >= 15 is 0 Å². The molecule has 5 nitrogen and oxygen atoms in total. The summed E-state index contributed by atoms with van der Waals surface area (Å²) in [7, 11) is 0. The molecule has 1 heterocycles. The van der Waals surface area contributed by atoms with Gasteiger partial charge < -0.3 is 15.3 Å². The lowest BCUT2D eigenvalue weighted by atomic mass is 10.0. The number of alkyl halides is 2. The van der Waals surface area contributed by atoms with Gasteiger partial charge in [-0.25, -0.2) is 13.2 Å². The van der Waals surface area contributed by atoms with Crippen LogP contribution in [0.25, 0.3) is 0 Å². The van der Waals surface area contributed by atoms with Gasteiger partial charge >= 0.3 is 5.92 Å². The first kappa shape index (κ1) is 22.7. The Hall–Kier alpha value is -3.01. The summed E-state index contributed by atoms with van der Waals surface area (Å²) >= 11 is 0. The van der Waals surface area contributed by atoms with Crippen LogP contribution in [0.3, 0.4) is 0 Å². The van der Waals surface area contributed by atoms with Crippen molar-refractivity contribution in [2.24, 2.45) is 0 Å². The molecule has 2 aromatic carbocycles. The minimum atomic E-state index is -4.29. The third kappa shape index (κ3) is 5.01. The highest BCUT2D eigenvalue weighted by atomic mass is 19.3. The van der Waals surface area contributed by atoms with Crippen molar-refractivity contribution in [2.75, 3.05) is 18.4 Å². The zero-order valence-corrected chi connectivity index (χ0v) is 16.2. The molecule has 1 unspecified atom stereocenters. The molecule has 1 atom stereocenters. The topological polar surface area (TPSA) is 69.6 Å². The molecular weight excluding hydrogens is 423 g/mol. The Balaban J connectivity index is 1.85. The Morgan fingerprint density at radius 2 is 1.71 bits per heavy atom. The summed E-state index contributed by atoms with van der Waals surface area (Å²) in [6.45, 7) is -0.310. The van der Waals surface area contributed by atoms with E-state index in [1.54, 1.807) is 0 Å². The fourth-order valence-electron chi connectivity index (χ4n) is 3.30. The van der Waals surface area contributed by atoms with Gasteiger partial charge in [-0.1, -0.05) is 0 Å². The Bertz CT molecular complexity index is 999. The number of hydrogen-bond donors (Lipinski definition) is 2. The third-order valence-electron chi connectivity index (χ3n) is 4.95. The number of nitrogens with one attached hydrogen (secondary N) is 1. The first-order valence-corrected chi connectivity index (χ1v) is 9.51. The number of hydrogen-bond acceptors (Lipinski definition) is 3. The summed E-state index contributed by atoms with van der Waals surface area (Å²) in [6, 6.07) is 4.60. The number of aliphatic hydroxyl groups excluding tert-OH is 1. The maximum absolute atomic E-state index is 14.9. The van der Waals surface area contributed by atoms with Crippen molar-refractivity contribution in [3.05, 3.63) is 65.0 Å². The van der Waals surface area contributed by atoms with Gasteiger partial charge in [0.05, 0.1) is 11.7 Å². The van der Waals surface area contributed by atoms with Crippen molar-refractivity contribution in [3.8, 4) is 0 Å². The van der Waals surface area contributed by atoms with E-state index in [1.807, 2.05) is 0 Å². The van der Waals surface area contributed by atoms with E-state index in [9.17, 15) is 36.6 Å². The molecule has 1 aliphatic heterocycles. The lowest BCUT2D eigenvalue weighted by molar-refractivity contribution is -0.160. The van der Waals surface area contributed by atoms with Crippen molar-refractivity contribution in [1.82, 2.24) is 4.90 Å². The first-order valence-electron chi connectivity index (χ1n) is 9.51. The smallest absolute Gasteiger partial charge is 0.352 e. The van der Waals surface area contributed by atoms with Crippen LogP contribution in [0.15, 0.2) is 36.4 Å². The molecule has 1 aliphatic rings. The summed E-state index contributed by atoms with van der Waals surface area (Å²) in [5, 5.41) is 12.0. The Labute approximate surface area is 174 Å². The Morgan fingerprint density at radius 3 is 2.42 bits per heavy atom. The van der Waals surface area contributed by atoms with E-state index in [1.165, 1.54) is 0 Å². The molecule has 1 fully saturated rings. The number of nitrogens with zero attached hydrogens (tertiary/aromatic N) is 1. The van der Waals surface area contributed by atoms with Crippen LogP contribution in [0.1, 0.15) is 35.2 Å². The number of likely N-dealkylation sites (tertiary alicyclic amines) is 1. The highest BCUT2D eigenvalue weighted by Crippen LogP contribution is 2.34. The van der Waals surface area contributed by atoms with E-state index in [0.717, 1.165) is 23.1 Å². The minimum absolute atomic E-state index is 0.0105. The van der Waals surface area contributed by atoms with Gasteiger partial charge in [0.25, 0.3) is 11.8 Å². The van der Waals surface area contributed by atoms with E-state index < -0.39 is 52.4 Å². The summed E-state index contributed by atoms with van der Waals surface area (Å²) in [5.41, 5.74) is -1.85. The molecular formula is C21H19F5N2O3. The number of rotatable bonds is 4. The van der Waals surface area contributed by atoms with Crippen molar-refractivity contribution < 1.29 is 36.6 Å². The van der Waals surface area contributed by atoms with Gasteiger partial charge in [0.15, 0.2) is 11.6 Å². The monoisotopic (exact) mass is 442 g/mol. The molecule has 166 valence electrons. The second kappa shape index (κ2) is 9.01. The minimum Gasteiger partial charge on any atom is -0.391 e. The predicted octanol–water partition coefficient (Wildman–Crippen LogP) is 3.82. The van der Waals surface area contributed by atoms with E-state index in [-0.39, 0.29) is 18.8 Å². The molecule has 0 radical (unpaired) electrons. The van der Waals surface area contributed by atoms with Crippen LogP contribution >= 0.6 is 0 Å². The second-order valence-electron chi connectivity index (χ2n) is 7.25. The molecule has 31 heavy (non-hydrogen) atoms. The van der Waals surface area contributed by atoms with Crippen molar-refractivity contribution in [3.63, 3.8) is 0 Å². The first-order chi connectivity index (χ1) is 14.6. The quantitative estimate of drug-likeness (QED) is 0.708. The summed E-state index contributed by atoms with van der Waals surface area (Å²) in [4.78, 5) is 25.6. The highest BCUT2D eigenvalue weighted by Gasteiger charge is 2.46. The number of anilines is 1. The lowest BCUT2D eigenvalue weighted by Crippen LogP contribution is -2.45. The summed E-state index contributed by atoms with van der Waals surface area (Å²) in [5.74, 6) is -10.7. The SMILES string of the molecule is O=C(Nc1ccc(F)c(F)c1)c1ccc(F)c(C(F)(F)C(=O)N2CCCCC(O)C2)c1. The molecule has 0 aliphatic carbocycles. The number of carbonyl (C=O) groups excluding carboxylic acids is 2. The molecule has 3 rings (SSSR count). The van der Waals surface area contributed by atoms with E-state index in [2.05, 4.69) is 5.32 Å². The van der Waals surface area contributed by atoms with Crippen molar-refractivity contribution >= 4 is 17.5 Å². The number of amides is 2. The number of benzene rings is 2. The molecule has 1 saturated heterocycles. The van der Waals surface area contributed by atoms with Crippen LogP contribution in [0, 0.1) is 17.5 Å². The van der Waals surface area contributed by atoms with Gasteiger partial charge in [0.2, 0.25) is 0 Å². The number of aliphatic hydroxyl groups is 1. The van der Waals surface area contributed by atoms with E-state index in [4.69, 9.17) is 0 Å². The molecule has 10 heteroatoms. The average molecular weight is 442 g/mol. The lowest BCUT2D eigenvalue weighted by Gasteiger charge is -2.27. The molecule has 0 saturated carbocycles. The van der Waals surface area contributed by atoms with Crippen LogP contribution in [-0.4, -0.2) is 41.0 Å². The van der Waals surface area contributed by atoms with Crippen molar-refractivity contribution in [2.45, 2.75) is 31.3 Å². The van der Waals surface area contributed by atoms with Gasteiger partial charge in [0, 0.05) is 30.4 Å². The fraction of sp³-hybridized carbons (Fsp3) is 0.333. The van der Waals surface area contributed by atoms with Crippen LogP contribution in [0.4, 0.5) is 27.6 Å². The standard InChI is InChI=1S/C21H19F5N2O3/c22-16-6-4-12(19(30)27-13-5-7-17(23)18(24)10-13)9-15(16)21(25,26)20(31)28-8-2-1-3-14(29)11-28/h4-7,9-10,14,29H,1-3,8,11H2,(H,27,30). The molecule has 0 bridgehead atoms. The molecule has 0 aromatic heterocycles. The zero-order valence-electron chi connectivity index (χ0n) is 16.2. The fourth-order valence-corrected chi connectivity index (χ4v) is 3.30. The number of β-amino-alcohol motifs (C(OH)–C–C–N with tert-alkyl or cyclic N) is 1. The Kier molecular flexibility index (Phi) is 6.59. The van der Waals surface area contributed by atoms with Gasteiger partial charge in [-0.3, -0.25) is 9.59 Å². The third-order valence-corrected chi connectivity index (χ3v) is 4.95. The number of halogens is 5. The normalized spacial score (nSPS) is 17.2. The van der Waals surface area contributed by atoms with Crippen molar-refractivity contribution in [1.29, 1.82) is 0 Å². The summed E-state index contributed by atoms with van der Waals surface area (Å²) in [6.07, 6.45) is 0.381. The molecule has 0 spiro atoms.